The van der Waals surface area contributed by atoms with E-state index in [1.807, 2.05) is 43.3 Å². The van der Waals surface area contributed by atoms with Crippen molar-refractivity contribution < 1.29 is 4.79 Å². The molecule has 0 radical (unpaired) electrons. The molecular formula is C21H28BrNO. The van der Waals surface area contributed by atoms with Gasteiger partial charge in [0.1, 0.15) is 5.78 Å². The fourth-order valence-electron chi connectivity index (χ4n) is 3.21. The van der Waals surface area contributed by atoms with E-state index in [1.54, 1.807) is 0 Å². The van der Waals surface area contributed by atoms with Crippen LogP contribution >= 0.6 is 17.0 Å². The first-order chi connectivity index (χ1) is 11.0. The zero-order valence-electron chi connectivity index (χ0n) is 15.0. The molecule has 24 heavy (non-hydrogen) atoms. The highest BCUT2D eigenvalue weighted by atomic mass is 79.9. The van der Waals surface area contributed by atoms with Crippen molar-refractivity contribution in [1.29, 1.82) is 0 Å². The summed E-state index contributed by atoms with van der Waals surface area (Å²) in [7, 11) is 4.14. The lowest BCUT2D eigenvalue weighted by molar-refractivity contribution is -0.123. The SMILES string of the molecule is Br.CCC(=O)C(CC(C)N(C)C)(c1ccccc1)c1ccccc1. The summed E-state index contributed by atoms with van der Waals surface area (Å²) in [5, 5.41) is 0. The molecule has 0 spiro atoms. The second kappa shape index (κ2) is 9.14. The topological polar surface area (TPSA) is 20.3 Å². The van der Waals surface area contributed by atoms with E-state index in [2.05, 4.69) is 50.2 Å². The van der Waals surface area contributed by atoms with E-state index in [0.29, 0.717) is 12.5 Å². The van der Waals surface area contributed by atoms with Crippen molar-refractivity contribution in [1.82, 2.24) is 4.90 Å². The van der Waals surface area contributed by atoms with Gasteiger partial charge in [-0.15, -0.1) is 17.0 Å². The van der Waals surface area contributed by atoms with Gasteiger partial charge >= 0.3 is 0 Å². The number of ketones is 1. The lowest BCUT2D eigenvalue weighted by Gasteiger charge is -2.37. The van der Waals surface area contributed by atoms with Crippen molar-refractivity contribution >= 4 is 22.8 Å². The standard InChI is InChI=1S/C21H27NO.BrH/c1-5-20(23)21(16-17(2)22(3)4,18-12-8-6-9-13-18)19-14-10-7-11-15-19;/h6-15,17H,5,16H2,1-4H3;1H. The summed E-state index contributed by atoms with van der Waals surface area (Å²) in [5.41, 5.74) is 1.60. The maximum absolute atomic E-state index is 13.2. The van der Waals surface area contributed by atoms with Gasteiger partial charge in [0.05, 0.1) is 5.41 Å². The number of carbonyl (C=O) groups excluding carboxylic acids is 1. The molecule has 1 atom stereocenters. The molecule has 0 bridgehead atoms. The summed E-state index contributed by atoms with van der Waals surface area (Å²) in [6, 6.07) is 20.7. The van der Waals surface area contributed by atoms with Crippen LogP contribution in [0.25, 0.3) is 0 Å². The zero-order chi connectivity index (χ0) is 16.9. The highest BCUT2D eigenvalue weighted by Crippen LogP contribution is 2.39. The summed E-state index contributed by atoms with van der Waals surface area (Å²) >= 11 is 0. The van der Waals surface area contributed by atoms with Gasteiger partial charge in [-0.1, -0.05) is 67.6 Å². The first-order valence-corrected chi connectivity index (χ1v) is 8.33. The molecule has 0 aliphatic heterocycles. The molecule has 0 saturated carbocycles. The van der Waals surface area contributed by atoms with Crippen LogP contribution in [-0.4, -0.2) is 30.8 Å². The lowest BCUT2D eigenvalue weighted by Crippen LogP contribution is -2.42. The summed E-state index contributed by atoms with van der Waals surface area (Å²) in [6.45, 7) is 4.15. The Bertz CT molecular complexity index is 585. The molecule has 2 aromatic carbocycles. The number of Topliss-reactive ketones (excluding diaryl/α,β-unsaturated/α-hetero) is 1. The Balaban J connectivity index is 0.00000288. The smallest absolute Gasteiger partial charge is 0.147 e. The highest BCUT2D eigenvalue weighted by Gasteiger charge is 2.41. The molecule has 1 unspecified atom stereocenters. The van der Waals surface area contributed by atoms with Gasteiger partial charge in [0.25, 0.3) is 0 Å². The number of halogens is 1. The normalized spacial score (nSPS) is 12.5. The highest BCUT2D eigenvalue weighted by molar-refractivity contribution is 8.93. The van der Waals surface area contributed by atoms with Crippen LogP contribution in [-0.2, 0) is 10.2 Å². The molecule has 0 saturated heterocycles. The van der Waals surface area contributed by atoms with Crippen molar-refractivity contribution in [3.8, 4) is 0 Å². The maximum Gasteiger partial charge on any atom is 0.147 e. The minimum atomic E-state index is -0.582. The van der Waals surface area contributed by atoms with Crippen LogP contribution in [0.1, 0.15) is 37.8 Å². The molecule has 0 aliphatic carbocycles. The summed E-state index contributed by atoms with van der Waals surface area (Å²) in [6.07, 6.45) is 1.31. The number of hydrogen-bond donors (Lipinski definition) is 0. The van der Waals surface area contributed by atoms with Gasteiger partial charge in [0.15, 0.2) is 0 Å². The lowest BCUT2D eigenvalue weighted by atomic mass is 9.67. The van der Waals surface area contributed by atoms with Gasteiger partial charge in [-0.05, 0) is 38.6 Å². The third kappa shape index (κ3) is 4.14. The first-order valence-electron chi connectivity index (χ1n) is 8.33. The summed E-state index contributed by atoms with van der Waals surface area (Å²) < 4.78 is 0. The minimum Gasteiger partial charge on any atom is -0.307 e. The Morgan fingerprint density at radius 2 is 1.38 bits per heavy atom. The van der Waals surface area contributed by atoms with Gasteiger partial charge in [-0.25, -0.2) is 0 Å². The van der Waals surface area contributed by atoms with Crippen LogP contribution in [0.4, 0.5) is 0 Å². The maximum atomic E-state index is 13.2. The Morgan fingerprint density at radius 3 is 1.71 bits per heavy atom. The molecule has 0 N–H and O–H groups in total. The zero-order valence-corrected chi connectivity index (χ0v) is 16.7. The van der Waals surface area contributed by atoms with Crippen LogP contribution in [0.5, 0.6) is 0 Å². The molecule has 130 valence electrons. The monoisotopic (exact) mass is 389 g/mol. The number of benzene rings is 2. The molecular weight excluding hydrogens is 362 g/mol. The molecule has 0 aromatic heterocycles. The van der Waals surface area contributed by atoms with Crippen molar-refractivity contribution in [3.05, 3.63) is 71.8 Å². The second-order valence-corrected chi connectivity index (χ2v) is 6.43. The third-order valence-corrected chi connectivity index (χ3v) is 4.81. The molecule has 2 aromatic rings. The molecule has 2 nitrogen and oxygen atoms in total. The largest absolute Gasteiger partial charge is 0.307 e. The van der Waals surface area contributed by atoms with Crippen LogP contribution in [0, 0.1) is 0 Å². The Kier molecular flexibility index (Phi) is 7.85. The van der Waals surface area contributed by atoms with Crippen LogP contribution in [0.2, 0.25) is 0 Å². The van der Waals surface area contributed by atoms with Crippen molar-refractivity contribution in [2.75, 3.05) is 14.1 Å². The van der Waals surface area contributed by atoms with Gasteiger partial charge < -0.3 is 4.90 Å². The molecule has 0 aliphatic rings. The number of rotatable bonds is 7. The number of nitrogens with zero attached hydrogens (tertiary/aromatic N) is 1. The minimum absolute atomic E-state index is 0. The fourth-order valence-corrected chi connectivity index (χ4v) is 3.21. The predicted octanol–water partition coefficient (Wildman–Crippen LogP) is 4.87. The Labute approximate surface area is 156 Å². The van der Waals surface area contributed by atoms with Gasteiger partial charge in [0, 0.05) is 12.5 Å². The fraction of sp³-hybridized carbons (Fsp3) is 0.381. The van der Waals surface area contributed by atoms with E-state index in [9.17, 15) is 4.79 Å². The van der Waals surface area contributed by atoms with Crippen LogP contribution in [0.15, 0.2) is 60.7 Å². The van der Waals surface area contributed by atoms with Crippen molar-refractivity contribution in [2.45, 2.75) is 38.1 Å². The van der Waals surface area contributed by atoms with Gasteiger partial charge in [-0.2, -0.15) is 0 Å². The van der Waals surface area contributed by atoms with E-state index in [4.69, 9.17) is 0 Å². The first kappa shape index (κ1) is 20.6. The number of carbonyl (C=O) groups is 1. The molecule has 2 rings (SSSR count). The van der Waals surface area contributed by atoms with Gasteiger partial charge in [0.2, 0.25) is 0 Å². The van der Waals surface area contributed by atoms with Crippen LogP contribution in [0.3, 0.4) is 0 Å². The molecule has 0 amide bonds. The predicted molar refractivity (Wildman–Crippen MR) is 107 cm³/mol. The van der Waals surface area contributed by atoms with E-state index in [-0.39, 0.29) is 22.8 Å². The summed E-state index contributed by atoms with van der Waals surface area (Å²) in [5.74, 6) is 0.281. The number of hydrogen-bond acceptors (Lipinski definition) is 2. The average Bonchev–Trinajstić information content (AvgIpc) is 2.60. The molecule has 0 heterocycles. The Hall–Kier alpha value is -1.45. The third-order valence-electron chi connectivity index (χ3n) is 4.81. The molecule has 3 heteroatoms. The van der Waals surface area contributed by atoms with E-state index >= 15 is 0 Å². The van der Waals surface area contributed by atoms with E-state index < -0.39 is 5.41 Å². The van der Waals surface area contributed by atoms with E-state index in [0.717, 1.165) is 17.5 Å². The van der Waals surface area contributed by atoms with Gasteiger partial charge in [-0.3, -0.25) is 4.79 Å². The quantitative estimate of drug-likeness (QED) is 0.672. The Morgan fingerprint density at radius 1 is 0.958 bits per heavy atom. The van der Waals surface area contributed by atoms with Crippen molar-refractivity contribution in [3.63, 3.8) is 0 Å². The van der Waals surface area contributed by atoms with E-state index in [1.165, 1.54) is 0 Å². The summed E-state index contributed by atoms with van der Waals surface area (Å²) in [4.78, 5) is 15.4. The molecule has 0 fully saturated rings. The van der Waals surface area contributed by atoms with Crippen LogP contribution < -0.4 is 0 Å². The second-order valence-electron chi connectivity index (χ2n) is 6.43. The average molecular weight is 390 g/mol. The van der Waals surface area contributed by atoms with Crippen molar-refractivity contribution in [2.24, 2.45) is 0 Å².